The molecule has 0 amide bonds. The molecule has 0 aromatic heterocycles. The number of sulfonamides is 1. The summed E-state index contributed by atoms with van der Waals surface area (Å²) < 4.78 is 28.1. The Morgan fingerprint density at radius 3 is 2.52 bits per heavy atom. The quantitative estimate of drug-likeness (QED) is 0.759. The van der Waals surface area contributed by atoms with Gasteiger partial charge in [-0.2, -0.15) is 0 Å². The van der Waals surface area contributed by atoms with E-state index in [1.165, 1.54) is 0 Å². The Kier molecular flexibility index (Phi) is 6.80. The molecular formula is C14H24BrN3O2S. The number of hydrogen-bond donors (Lipinski definition) is 2. The molecule has 0 atom stereocenters. The zero-order chi connectivity index (χ0) is 16.2. The summed E-state index contributed by atoms with van der Waals surface area (Å²) in [5.74, 6) is 0. The summed E-state index contributed by atoms with van der Waals surface area (Å²) in [5, 5.41) is 0. The predicted molar refractivity (Wildman–Crippen MR) is 89.7 cm³/mol. The summed E-state index contributed by atoms with van der Waals surface area (Å²) in [4.78, 5) is 2.33. The van der Waals surface area contributed by atoms with Crippen LogP contribution in [0.15, 0.2) is 21.5 Å². The lowest BCUT2D eigenvalue weighted by atomic mass is 10.1. The number of benzene rings is 1. The van der Waals surface area contributed by atoms with Crippen molar-refractivity contribution in [1.29, 1.82) is 0 Å². The molecule has 0 bridgehead atoms. The number of rotatable bonds is 7. The molecule has 0 heterocycles. The minimum absolute atomic E-state index is 0.246. The molecule has 0 unspecified atom stereocenters. The third-order valence-corrected chi connectivity index (χ3v) is 6.24. The van der Waals surface area contributed by atoms with Gasteiger partial charge >= 0.3 is 0 Å². The van der Waals surface area contributed by atoms with Crippen LogP contribution in [-0.2, 0) is 16.6 Å². The van der Waals surface area contributed by atoms with Crippen LogP contribution in [0.2, 0.25) is 0 Å². The van der Waals surface area contributed by atoms with Crippen molar-refractivity contribution in [1.82, 2.24) is 9.62 Å². The summed E-state index contributed by atoms with van der Waals surface area (Å²) in [6, 6.07) is 3.88. The van der Waals surface area contributed by atoms with Crippen molar-refractivity contribution in [3.05, 3.63) is 27.7 Å². The summed E-state index contributed by atoms with van der Waals surface area (Å²) in [5.41, 5.74) is 7.28. The maximum Gasteiger partial charge on any atom is 0.241 e. The average molecular weight is 378 g/mol. The number of hydrogen-bond acceptors (Lipinski definition) is 4. The van der Waals surface area contributed by atoms with E-state index in [1.807, 2.05) is 20.0 Å². The Hall–Kier alpha value is -0.470. The smallest absolute Gasteiger partial charge is 0.241 e. The van der Waals surface area contributed by atoms with E-state index < -0.39 is 10.0 Å². The van der Waals surface area contributed by atoms with Gasteiger partial charge in [0.15, 0.2) is 0 Å². The predicted octanol–water partition coefficient (Wildman–Crippen LogP) is 1.83. The van der Waals surface area contributed by atoms with E-state index in [9.17, 15) is 8.42 Å². The van der Waals surface area contributed by atoms with Gasteiger partial charge in [-0.25, -0.2) is 13.1 Å². The Balaban J connectivity index is 2.91. The third-order valence-electron chi connectivity index (χ3n) is 3.44. The summed E-state index contributed by atoms with van der Waals surface area (Å²) >= 11 is 3.35. The first-order chi connectivity index (χ1) is 9.69. The van der Waals surface area contributed by atoms with Crippen LogP contribution in [0, 0.1) is 6.92 Å². The highest BCUT2D eigenvalue weighted by Gasteiger charge is 2.19. The number of likely N-dealkylation sites (N-methyl/N-ethyl adjacent to an activating group) is 1. The molecule has 0 aliphatic carbocycles. The first-order valence-electron chi connectivity index (χ1n) is 6.88. The molecule has 120 valence electrons. The highest BCUT2D eigenvalue weighted by atomic mass is 79.9. The van der Waals surface area contributed by atoms with Crippen molar-refractivity contribution in [3.8, 4) is 0 Å². The van der Waals surface area contributed by atoms with E-state index in [0.717, 1.165) is 11.1 Å². The first kappa shape index (κ1) is 18.6. The zero-order valence-corrected chi connectivity index (χ0v) is 15.4. The molecule has 3 N–H and O–H groups in total. The van der Waals surface area contributed by atoms with E-state index in [1.54, 1.807) is 6.07 Å². The average Bonchev–Trinajstić information content (AvgIpc) is 2.40. The van der Waals surface area contributed by atoms with Gasteiger partial charge < -0.3 is 10.6 Å². The van der Waals surface area contributed by atoms with Crippen LogP contribution in [0.5, 0.6) is 0 Å². The zero-order valence-electron chi connectivity index (χ0n) is 13.0. The molecular weight excluding hydrogens is 354 g/mol. The Labute approximate surface area is 136 Å². The topological polar surface area (TPSA) is 75.4 Å². The SMILES string of the molecule is Cc1cc(CN)cc(S(=O)(=O)NCCN(C)C(C)C)c1Br. The summed E-state index contributed by atoms with van der Waals surface area (Å²) in [6.45, 7) is 7.33. The highest BCUT2D eigenvalue weighted by molar-refractivity contribution is 9.10. The standard InChI is InChI=1S/C14H24BrN3O2S/c1-10(2)18(4)6-5-17-21(19,20)13-8-12(9-16)7-11(3)14(13)15/h7-8,10,17H,5-6,9,16H2,1-4H3. The Morgan fingerprint density at radius 2 is 2.00 bits per heavy atom. The van der Waals surface area contributed by atoms with Crippen molar-refractivity contribution in [2.75, 3.05) is 20.1 Å². The lowest BCUT2D eigenvalue weighted by Crippen LogP contribution is -2.36. The van der Waals surface area contributed by atoms with E-state index in [4.69, 9.17) is 5.73 Å². The number of nitrogens with two attached hydrogens (primary N) is 1. The highest BCUT2D eigenvalue weighted by Crippen LogP contribution is 2.27. The number of nitrogens with one attached hydrogen (secondary N) is 1. The molecule has 0 saturated carbocycles. The maximum atomic E-state index is 12.4. The molecule has 1 aromatic carbocycles. The first-order valence-corrected chi connectivity index (χ1v) is 9.15. The van der Waals surface area contributed by atoms with Crippen molar-refractivity contribution in [2.24, 2.45) is 5.73 Å². The number of nitrogens with zero attached hydrogens (tertiary/aromatic N) is 1. The molecule has 1 rings (SSSR count). The van der Waals surface area contributed by atoms with Crippen LogP contribution >= 0.6 is 15.9 Å². The number of halogens is 1. The molecule has 1 aromatic rings. The van der Waals surface area contributed by atoms with Gasteiger partial charge in [0.25, 0.3) is 0 Å². The normalized spacial score (nSPS) is 12.4. The van der Waals surface area contributed by atoms with E-state index in [2.05, 4.69) is 39.4 Å². The fraction of sp³-hybridized carbons (Fsp3) is 0.571. The van der Waals surface area contributed by atoms with Crippen molar-refractivity contribution >= 4 is 26.0 Å². The van der Waals surface area contributed by atoms with E-state index in [-0.39, 0.29) is 4.90 Å². The molecule has 0 aliphatic heterocycles. The monoisotopic (exact) mass is 377 g/mol. The molecule has 0 spiro atoms. The minimum Gasteiger partial charge on any atom is -0.326 e. The van der Waals surface area contributed by atoms with Gasteiger partial charge in [-0.1, -0.05) is 6.07 Å². The number of aryl methyl sites for hydroxylation is 1. The maximum absolute atomic E-state index is 12.4. The van der Waals surface area contributed by atoms with Crippen LogP contribution in [0.1, 0.15) is 25.0 Å². The van der Waals surface area contributed by atoms with Crippen molar-refractivity contribution in [3.63, 3.8) is 0 Å². The van der Waals surface area contributed by atoms with Gasteiger partial charge in [0.2, 0.25) is 10.0 Å². The van der Waals surface area contributed by atoms with Crippen molar-refractivity contribution < 1.29 is 8.42 Å². The van der Waals surface area contributed by atoms with Crippen LogP contribution in [-0.4, -0.2) is 39.5 Å². The van der Waals surface area contributed by atoms with Crippen molar-refractivity contribution in [2.45, 2.75) is 38.3 Å². The van der Waals surface area contributed by atoms with Crippen LogP contribution in [0.25, 0.3) is 0 Å². The van der Waals surface area contributed by atoms with Gasteiger partial charge in [0.1, 0.15) is 0 Å². The summed E-state index contributed by atoms with van der Waals surface area (Å²) in [7, 11) is -1.58. The minimum atomic E-state index is -3.55. The lowest BCUT2D eigenvalue weighted by Gasteiger charge is -2.21. The molecule has 7 heteroatoms. The third kappa shape index (κ3) is 5.03. The Bertz CT molecular complexity index is 588. The summed E-state index contributed by atoms with van der Waals surface area (Å²) in [6.07, 6.45) is 0. The fourth-order valence-corrected chi connectivity index (χ4v) is 3.90. The van der Waals surface area contributed by atoms with Gasteiger partial charge in [-0.05, 0) is 60.9 Å². The molecule has 0 fully saturated rings. The second-order valence-electron chi connectivity index (χ2n) is 5.40. The fourth-order valence-electron chi connectivity index (χ4n) is 1.81. The van der Waals surface area contributed by atoms with Gasteiger partial charge in [-0.15, -0.1) is 0 Å². The Morgan fingerprint density at radius 1 is 1.38 bits per heavy atom. The van der Waals surface area contributed by atoms with E-state index in [0.29, 0.717) is 30.1 Å². The molecule has 0 saturated heterocycles. The molecule has 0 aliphatic rings. The van der Waals surface area contributed by atoms with Gasteiger partial charge in [0.05, 0.1) is 4.90 Å². The molecule has 21 heavy (non-hydrogen) atoms. The van der Waals surface area contributed by atoms with Crippen LogP contribution in [0.4, 0.5) is 0 Å². The van der Waals surface area contributed by atoms with Crippen LogP contribution < -0.4 is 10.5 Å². The van der Waals surface area contributed by atoms with Crippen LogP contribution in [0.3, 0.4) is 0 Å². The second kappa shape index (κ2) is 7.69. The van der Waals surface area contributed by atoms with Gasteiger partial charge in [0, 0.05) is 30.1 Å². The molecule has 5 nitrogen and oxygen atoms in total. The largest absolute Gasteiger partial charge is 0.326 e. The second-order valence-corrected chi connectivity index (χ2v) is 7.93. The lowest BCUT2D eigenvalue weighted by molar-refractivity contribution is 0.278. The molecule has 0 radical (unpaired) electrons. The van der Waals surface area contributed by atoms with Gasteiger partial charge in [-0.3, -0.25) is 0 Å². The van der Waals surface area contributed by atoms with E-state index >= 15 is 0 Å².